The van der Waals surface area contributed by atoms with Crippen LogP contribution >= 0.6 is 24.8 Å². The zero-order valence-corrected chi connectivity index (χ0v) is 12.8. The minimum Gasteiger partial charge on any atom is -0.369 e. The fourth-order valence-electron chi connectivity index (χ4n) is 1.31. The first-order valence-corrected chi connectivity index (χ1v) is 6.58. The lowest BCUT2D eigenvalue weighted by atomic mass is 10.2. The van der Waals surface area contributed by atoms with E-state index in [1.807, 2.05) is 0 Å². The second-order valence-electron chi connectivity index (χ2n) is 3.39. The molecule has 6 nitrogen and oxygen atoms in total. The van der Waals surface area contributed by atoms with Crippen molar-refractivity contribution >= 4 is 46.7 Å². The molecule has 0 saturated heterocycles. The van der Waals surface area contributed by atoms with Crippen LogP contribution in [-0.2, 0) is 10.0 Å². The average Bonchev–Trinajstić information content (AvgIpc) is 2.29. The van der Waals surface area contributed by atoms with Crippen LogP contribution in [0.3, 0.4) is 0 Å². The van der Waals surface area contributed by atoms with E-state index in [-0.39, 0.29) is 34.7 Å². The number of sulfonamides is 1. The number of nitrogens with zero attached hydrogens (tertiary/aromatic N) is 1. The molecule has 0 aromatic heterocycles. The highest BCUT2D eigenvalue weighted by atomic mass is 35.5. The first kappa shape index (κ1) is 20.7. The highest BCUT2D eigenvalue weighted by Gasteiger charge is 2.29. The van der Waals surface area contributed by atoms with E-state index in [0.717, 1.165) is 6.08 Å². The van der Waals surface area contributed by atoms with Gasteiger partial charge in [0.1, 0.15) is 0 Å². The molecule has 1 aromatic rings. The van der Waals surface area contributed by atoms with Gasteiger partial charge in [0.05, 0.1) is 5.75 Å². The summed E-state index contributed by atoms with van der Waals surface area (Å²) in [5, 5.41) is 7.23. The maximum atomic E-state index is 12.0. The van der Waals surface area contributed by atoms with Crippen LogP contribution in [-0.4, -0.2) is 30.3 Å². The summed E-state index contributed by atoms with van der Waals surface area (Å²) in [4.78, 5) is 12.0. The van der Waals surface area contributed by atoms with Crippen LogP contribution in [0.1, 0.15) is 10.4 Å². The van der Waals surface area contributed by atoms with Crippen molar-refractivity contribution in [1.82, 2.24) is 4.31 Å². The van der Waals surface area contributed by atoms with Crippen LogP contribution in [0.15, 0.2) is 43.0 Å². The Balaban J connectivity index is 0. The standard InChI is InChI=1S/C11H13N3O3S.2ClH/c1-2-8-18(16,17)14(11(12)13)10(15)9-6-4-3-5-7-9;;/h2-7H,1,8H2,(H3,12,13);2*1H. The predicted octanol–water partition coefficient (Wildman–Crippen LogP) is 1.38. The number of nitrogens with one attached hydrogen (secondary N) is 1. The maximum Gasteiger partial charge on any atom is 0.274 e. The molecule has 1 amide bonds. The summed E-state index contributed by atoms with van der Waals surface area (Å²) in [5.74, 6) is -2.17. The van der Waals surface area contributed by atoms with Gasteiger partial charge in [-0.1, -0.05) is 24.3 Å². The van der Waals surface area contributed by atoms with Gasteiger partial charge >= 0.3 is 0 Å². The van der Waals surface area contributed by atoms with Crippen LogP contribution in [0.25, 0.3) is 0 Å². The molecule has 0 unspecified atom stereocenters. The van der Waals surface area contributed by atoms with Crippen molar-refractivity contribution < 1.29 is 13.2 Å². The number of nitrogens with two attached hydrogens (primary N) is 1. The Morgan fingerprint density at radius 2 is 1.80 bits per heavy atom. The van der Waals surface area contributed by atoms with Gasteiger partial charge in [-0.15, -0.1) is 31.4 Å². The molecule has 0 saturated carbocycles. The zero-order chi connectivity index (χ0) is 13.8. The smallest absolute Gasteiger partial charge is 0.274 e. The largest absolute Gasteiger partial charge is 0.369 e. The van der Waals surface area contributed by atoms with Crippen LogP contribution < -0.4 is 5.73 Å². The molecule has 1 rings (SSSR count). The molecule has 0 fully saturated rings. The second-order valence-corrected chi connectivity index (χ2v) is 5.25. The van der Waals surface area contributed by atoms with Gasteiger partial charge in [-0.25, -0.2) is 8.42 Å². The van der Waals surface area contributed by atoms with Gasteiger partial charge in [0.25, 0.3) is 5.91 Å². The molecule has 0 bridgehead atoms. The van der Waals surface area contributed by atoms with E-state index in [4.69, 9.17) is 11.1 Å². The monoisotopic (exact) mass is 339 g/mol. The van der Waals surface area contributed by atoms with Gasteiger partial charge in [0.2, 0.25) is 16.0 Å². The third-order valence-corrected chi connectivity index (χ3v) is 3.61. The highest BCUT2D eigenvalue weighted by Crippen LogP contribution is 2.09. The quantitative estimate of drug-likeness (QED) is 0.491. The van der Waals surface area contributed by atoms with Crippen molar-refractivity contribution in [2.45, 2.75) is 0 Å². The molecule has 0 heterocycles. The van der Waals surface area contributed by atoms with E-state index >= 15 is 0 Å². The van der Waals surface area contributed by atoms with Crippen LogP contribution in [0.2, 0.25) is 0 Å². The summed E-state index contributed by atoms with van der Waals surface area (Å²) in [6.45, 7) is 3.29. The number of hydrogen-bond donors (Lipinski definition) is 2. The molecule has 0 spiro atoms. The molecule has 0 aliphatic heterocycles. The average molecular weight is 340 g/mol. The Hall–Kier alpha value is -1.57. The number of guanidine groups is 1. The van der Waals surface area contributed by atoms with Crippen molar-refractivity contribution in [3.8, 4) is 0 Å². The van der Waals surface area contributed by atoms with Gasteiger partial charge in [-0.3, -0.25) is 10.2 Å². The number of rotatable bonds is 4. The van der Waals surface area contributed by atoms with Crippen molar-refractivity contribution in [2.75, 3.05) is 5.75 Å². The number of benzene rings is 1. The fraction of sp³-hybridized carbons (Fsp3) is 0.0909. The SMILES string of the molecule is C=CCS(=O)(=O)N(C(=N)N)C(=O)c1ccccc1.Cl.Cl. The molecule has 0 aliphatic carbocycles. The minimum absolute atomic E-state index is 0. The lowest BCUT2D eigenvalue weighted by Crippen LogP contribution is -2.46. The predicted molar refractivity (Wildman–Crippen MR) is 83.0 cm³/mol. The Bertz CT molecular complexity index is 576. The zero-order valence-electron chi connectivity index (χ0n) is 10.4. The van der Waals surface area contributed by atoms with E-state index < -0.39 is 27.6 Å². The topological polar surface area (TPSA) is 104 Å². The number of amides is 1. The van der Waals surface area contributed by atoms with E-state index in [9.17, 15) is 13.2 Å². The summed E-state index contributed by atoms with van der Waals surface area (Å²) in [5.41, 5.74) is 5.31. The third-order valence-electron chi connectivity index (χ3n) is 2.03. The van der Waals surface area contributed by atoms with Gasteiger partial charge in [-0.2, -0.15) is 4.31 Å². The molecule has 112 valence electrons. The Kier molecular flexibility index (Phi) is 8.89. The second kappa shape index (κ2) is 8.57. The van der Waals surface area contributed by atoms with Gasteiger partial charge in [-0.05, 0) is 12.1 Å². The normalized spacial score (nSPS) is 9.60. The third kappa shape index (κ3) is 4.84. The van der Waals surface area contributed by atoms with Crippen LogP contribution in [0.4, 0.5) is 0 Å². The summed E-state index contributed by atoms with van der Waals surface area (Å²) in [7, 11) is -4.00. The van der Waals surface area contributed by atoms with Crippen molar-refractivity contribution in [3.63, 3.8) is 0 Å². The Labute approximate surface area is 130 Å². The Morgan fingerprint density at radius 1 is 1.30 bits per heavy atom. The lowest BCUT2D eigenvalue weighted by Gasteiger charge is -2.19. The van der Waals surface area contributed by atoms with E-state index in [1.165, 1.54) is 12.1 Å². The summed E-state index contributed by atoms with van der Waals surface area (Å²) < 4.78 is 23.9. The molecule has 0 aliphatic rings. The lowest BCUT2D eigenvalue weighted by molar-refractivity contribution is 0.0912. The van der Waals surface area contributed by atoms with Crippen molar-refractivity contribution in [1.29, 1.82) is 5.41 Å². The number of carbonyl (C=O) groups excluding carboxylic acids is 1. The molecule has 9 heteroatoms. The van der Waals surface area contributed by atoms with Gasteiger partial charge < -0.3 is 5.73 Å². The molecular formula is C11H15Cl2N3O3S. The number of carbonyl (C=O) groups is 1. The van der Waals surface area contributed by atoms with Crippen LogP contribution in [0.5, 0.6) is 0 Å². The highest BCUT2D eigenvalue weighted by molar-refractivity contribution is 7.90. The van der Waals surface area contributed by atoms with E-state index in [2.05, 4.69) is 6.58 Å². The maximum absolute atomic E-state index is 12.0. The number of hydrogen-bond acceptors (Lipinski definition) is 4. The van der Waals surface area contributed by atoms with Gasteiger partial charge in [0.15, 0.2) is 0 Å². The van der Waals surface area contributed by atoms with E-state index in [1.54, 1.807) is 18.2 Å². The molecule has 20 heavy (non-hydrogen) atoms. The Morgan fingerprint density at radius 3 is 2.20 bits per heavy atom. The van der Waals surface area contributed by atoms with Crippen LogP contribution in [0, 0.1) is 5.41 Å². The minimum atomic E-state index is -4.00. The molecular weight excluding hydrogens is 325 g/mol. The van der Waals surface area contributed by atoms with E-state index in [0.29, 0.717) is 0 Å². The molecule has 0 radical (unpaired) electrons. The summed E-state index contributed by atoms with van der Waals surface area (Å²) in [6.07, 6.45) is 1.13. The fourth-order valence-corrected chi connectivity index (χ4v) is 2.41. The summed E-state index contributed by atoms with van der Waals surface area (Å²) >= 11 is 0. The first-order valence-electron chi connectivity index (χ1n) is 4.97. The first-order chi connectivity index (χ1) is 8.40. The van der Waals surface area contributed by atoms with Crippen molar-refractivity contribution in [3.05, 3.63) is 48.6 Å². The van der Waals surface area contributed by atoms with Gasteiger partial charge in [0, 0.05) is 5.56 Å². The summed E-state index contributed by atoms with van der Waals surface area (Å²) in [6, 6.07) is 7.76. The molecule has 1 aromatic carbocycles. The number of halogens is 2. The molecule has 0 atom stereocenters. The van der Waals surface area contributed by atoms with Crippen molar-refractivity contribution in [2.24, 2.45) is 5.73 Å². The molecule has 3 N–H and O–H groups in total.